The zero-order valence-electron chi connectivity index (χ0n) is 12.4. The van der Waals surface area contributed by atoms with Gasteiger partial charge in [-0.1, -0.05) is 18.2 Å². The largest absolute Gasteiger partial charge is 0.383 e. The van der Waals surface area contributed by atoms with Gasteiger partial charge in [-0.05, 0) is 6.07 Å². The van der Waals surface area contributed by atoms with Gasteiger partial charge in [0, 0.05) is 45.7 Å². The van der Waals surface area contributed by atoms with Crippen molar-refractivity contribution in [2.45, 2.75) is 19.9 Å². The first-order valence-corrected chi connectivity index (χ1v) is 6.79. The lowest BCUT2D eigenvalue weighted by molar-refractivity contribution is -0.130. The van der Waals surface area contributed by atoms with E-state index in [0.717, 1.165) is 0 Å². The molecule has 0 aliphatic carbocycles. The summed E-state index contributed by atoms with van der Waals surface area (Å²) >= 11 is 0. The third kappa shape index (κ3) is 6.35. The average Bonchev–Trinajstić information content (AvgIpc) is 2.46. The van der Waals surface area contributed by atoms with Gasteiger partial charge in [0.25, 0.3) is 0 Å². The molecule has 1 N–H and O–H groups in total. The summed E-state index contributed by atoms with van der Waals surface area (Å²) in [5, 5.41) is 2.64. The number of halogens is 1. The molecule has 0 unspecified atom stereocenters. The highest BCUT2D eigenvalue weighted by atomic mass is 19.1. The molecular weight excluding hydrogens is 275 g/mol. The second kappa shape index (κ2) is 9.07. The van der Waals surface area contributed by atoms with Crippen LogP contribution < -0.4 is 5.32 Å². The molecule has 0 saturated carbocycles. The number of ether oxygens (including phenoxy) is 1. The van der Waals surface area contributed by atoms with Crippen LogP contribution in [0.25, 0.3) is 0 Å². The molecule has 6 heteroatoms. The lowest BCUT2D eigenvalue weighted by atomic mass is 10.2. The van der Waals surface area contributed by atoms with Gasteiger partial charge in [0.1, 0.15) is 5.82 Å². The highest BCUT2D eigenvalue weighted by molar-refractivity contribution is 5.78. The van der Waals surface area contributed by atoms with Crippen LogP contribution in [0.4, 0.5) is 4.39 Å². The summed E-state index contributed by atoms with van der Waals surface area (Å²) in [7, 11) is 1.55. The van der Waals surface area contributed by atoms with Crippen LogP contribution in [0.2, 0.25) is 0 Å². The van der Waals surface area contributed by atoms with E-state index in [1.807, 2.05) is 0 Å². The van der Waals surface area contributed by atoms with Gasteiger partial charge in [-0.25, -0.2) is 4.39 Å². The molecule has 21 heavy (non-hydrogen) atoms. The fourth-order valence-corrected chi connectivity index (χ4v) is 1.79. The topological polar surface area (TPSA) is 58.6 Å². The molecule has 1 rings (SSSR count). The summed E-state index contributed by atoms with van der Waals surface area (Å²) in [6, 6.07) is 6.29. The van der Waals surface area contributed by atoms with Gasteiger partial charge in [0.05, 0.1) is 6.61 Å². The second-order valence-corrected chi connectivity index (χ2v) is 4.62. The number of benzene rings is 1. The molecule has 0 atom stereocenters. The van der Waals surface area contributed by atoms with Crippen molar-refractivity contribution in [2.24, 2.45) is 0 Å². The third-order valence-corrected chi connectivity index (χ3v) is 3.05. The van der Waals surface area contributed by atoms with Crippen molar-refractivity contribution in [3.8, 4) is 0 Å². The van der Waals surface area contributed by atoms with Crippen LogP contribution >= 0.6 is 0 Å². The molecule has 0 radical (unpaired) electrons. The number of rotatable bonds is 8. The summed E-state index contributed by atoms with van der Waals surface area (Å²) in [4.78, 5) is 24.6. The van der Waals surface area contributed by atoms with Gasteiger partial charge in [-0.2, -0.15) is 0 Å². The molecule has 0 fully saturated rings. The highest BCUT2D eigenvalue weighted by Crippen LogP contribution is 2.05. The fourth-order valence-electron chi connectivity index (χ4n) is 1.79. The minimum Gasteiger partial charge on any atom is -0.383 e. The third-order valence-electron chi connectivity index (χ3n) is 3.05. The quantitative estimate of drug-likeness (QED) is 0.787. The van der Waals surface area contributed by atoms with Crippen LogP contribution in [-0.2, 0) is 20.9 Å². The SMILES string of the molecule is COCCN(CCC(=O)NCc1ccccc1F)C(C)=O. The van der Waals surface area contributed by atoms with E-state index in [2.05, 4.69) is 5.32 Å². The van der Waals surface area contributed by atoms with Crippen LogP contribution in [0.5, 0.6) is 0 Å². The maximum Gasteiger partial charge on any atom is 0.222 e. The van der Waals surface area contributed by atoms with Crippen LogP contribution in [0, 0.1) is 5.82 Å². The van der Waals surface area contributed by atoms with E-state index in [1.165, 1.54) is 13.0 Å². The predicted octanol–water partition coefficient (Wildman–Crippen LogP) is 1.33. The molecule has 1 aromatic rings. The highest BCUT2D eigenvalue weighted by Gasteiger charge is 2.11. The molecule has 2 amide bonds. The Bertz CT molecular complexity index is 480. The minimum absolute atomic E-state index is 0.103. The molecule has 0 aliphatic heterocycles. The van der Waals surface area contributed by atoms with E-state index in [0.29, 0.717) is 25.3 Å². The monoisotopic (exact) mass is 296 g/mol. The second-order valence-electron chi connectivity index (χ2n) is 4.62. The summed E-state index contributed by atoms with van der Waals surface area (Å²) in [6.45, 7) is 2.79. The Labute approximate surface area is 124 Å². The average molecular weight is 296 g/mol. The maximum atomic E-state index is 13.4. The molecule has 1 aromatic carbocycles. The van der Waals surface area contributed by atoms with Crippen molar-refractivity contribution in [1.29, 1.82) is 0 Å². The number of amides is 2. The molecule has 0 bridgehead atoms. The Hall–Kier alpha value is -1.95. The number of hydrogen-bond acceptors (Lipinski definition) is 3. The molecule has 0 aliphatic rings. The number of hydrogen-bond donors (Lipinski definition) is 1. The van der Waals surface area contributed by atoms with Crippen LogP contribution in [-0.4, -0.2) is 43.5 Å². The number of carbonyl (C=O) groups excluding carboxylic acids is 2. The Kier molecular flexibility index (Phi) is 7.39. The Morgan fingerprint density at radius 3 is 2.62 bits per heavy atom. The van der Waals surface area contributed by atoms with E-state index in [-0.39, 0.29) is 30.6 Å². The zero-order valence-corrected chi connectivity index (χ0v) is 12.4. The first kappa shape index (κ1) is 17.1. The lowest BCUT2D eigenvalue weighted by Crippen LogP contribution is -2.35. The van der Waals surface area contributed by atoms with Crippen molar-refractivity contribution in [1.82, 2.24) is 10.2 Å². The van der Waals surface area contributed by atoms with Gasteiger partial charge in [0.2, 0.25) is 11.8 Å². The van der Waals surface area contributed by atoms with E-state index < -0.39 is 0 Å². The first-order chi connectivity index (χ1) is 10.0. The molecule has 0 aromatic heterocycles. The summed E-state index contributed by atoms with van der Waals surface area (Å²) in [6.07, 6.45) is 0.178. The molecule has 0 heterocycles. The molecule has 116 valence electrons. The summed E-state index contributed by atoms with van der Waals surface area (Å²) in [5.41, 5.74) is 0.439. The lowest BCUT2D eigenvalue weighted by Gasteiger charge is -2.20. The summed E-state index contributed by atoms with van der Waals surface area (Å²) < 4.78 is 18.3. The number of carbonyl (C=O) groups is 2. The number of nitrogens with zero attached hydrogens (tertiary/aromatic N) is 1. The van der Waals surface area contributed by atoms with E-state index in [4.69, 9.17) is 4.74 Å². The fraction of sp³-hybridized carbons (Fsp3) is 0.467. The van der Waals surface area contributed by atoms with Gasteiger partial charge < -0.3 is 15.0 Å². The van der Waals surface area contributed by atoms with Crippen molar-refractivity contribution in [3.63, 3.8) is 0 Å². The molecule has 0 saturated heterocycles. The summed E-state index contributed by atoms with van der Waals surface area (Å²) in [5.74, 6) is -0.667. The van der Waals surface area contributed by atoms with Crippen LogP contribution in [0.3, 0.4) is 0 Å². The Balaban J connectivity index is 2.36. The van der Waals surface area contributed by atoms with E-state index >= 15 is 0 Å². The van der Waals surface area contributed by atoms with Crippen molar-refractivity contribution in [3.05, 3.63) is 35.6 Å². The van der Waals surface area contributed by atoms with Gasteiger partial charge >= 0.3 is 0 Å². The minimum atomic E-state index is -0.344. The van der Waals surface area contributed by atoms with E-state index in [9.17, 15) is 14.0 Å². The Morgan fingerprint density at radius 2 is 2.00 bits per heavy atom. The first-order valence-electron chi connectivity index (χ1n) is 6.79. The van der Waals surface area contributed by atoms with Crippen molar-refractivity contribution >= 4 is 11.8 Å². The number of methoxy groups -OCH3 is 1. The van der Waals surface area contributed by atoms with E-state index in [1.54, 1.807) is 30.2 Å². The standard InChI is InChI=1S/C15H21FN2O3/c1-12(19)18(9-10-21-2)8-7-15(20)17-11-13-5-3-4-6-14(13)16/h3-6H,7-11H2,1-2H3,(H,17,20). The van der Waals surface area contributed by atoms with Crippen molar-refractivity contribution < 1.29 is 18.7 Å². The molecule has 5 nitrogen and oxygen atoms in total. The predicted molar refractivity (Wildman–Crippen MR) is 77.0 cm³/mol. The van der Waals surface area contributed by atoms with Crippen LogP contribution in [0.1, 0.15) is 18.9 Å². The molecule has 0 spiro atoms. The van der Waals surface area contributed by atoms with Crippen LogP contribution in [0.15, 0.2) is 24.3 Å². The molecular formula is C15H21FN2O3. The maximum absolute atomic E-state index is 13.4. The van der Waals surface area contributed by atoms with Gasteiger partial charge in [-0.3, -0.25) is 9.59 Å². The van der Waals surface area contributed by atoms with Gasteiger partial charge in [-0.15, -0.1) is 0 Å². The normalized spacial score (nSPS) is 10.2. The number of nitrogens with one attached hydrogen (secondary N) is 1. The Morgan fingerprint density at radius 1 is 1.29 bits per heavy atom. The smallest absolute Gasteiger partial charge is 0.222 e. The van der Waals surface area contributed by atoms with Crippen molar-refractivity contribution in [2.75, 3.05) is 26.8 Å². The zero-order chi connectivity index (χ0) is 15.7. The van der Waals surface area contributed by atoms with Gasteiger partial charge in [0.15, 0.2) is 0 Å².